The summed E-state index contributed by atoms with van der Waals surface area (Å²) in [5.41, 5.74) is 3.71. The molecule has 1 N–H and O–H groups in total. The molecule has 6 heteroatoms. The van der Waals surface area contributed by atoms with E-state index in [0.29, 0.717) is 0 Å². The number of nitrogens with zero attached hydrogens (tertiary/aromatic N) is 1. The molecule has 3 aliphatic carbocycles. The number of amides is 2. The number of hydrazine groups is 1. The van der Waals surface area contributed by atoms with Gasteiger partial charge in [-0.15, -0.1) is 0 Å². The fourth-order valence-electron chi connectivity index (χ4n) is 4.66. The normalized spacial score (nSPS) is 25.1. The molecule has 2 amide bonds. The molecule has 2 bridgehead atoms. The number of rotatable bonds is 2. The number of hydrogen-bond acceptors (Lipinski definition) is 4. The molecule has 0 atom stereocenters. The molecule has 3 aliphatic rings. The first-order valence-electron chi connectivity index (χ1n) is 11.1. The van der Waals surface area contributed by atoms with Crippen LogP contribution in [0.3, 0.4) is 0 Å². The lowest BCUT2D eigenvalue weighted by Gasteiger charge is -2.72. The third kappa shape index (κ3) is 4.83. The Morgan fingerprint density at radius 1 is 0.839 bits per heavy atom. The summed E-state index contributed by atoms with van der Waals surface area (Å²) >= 11 is 0. The number of benzene rings is 1. The molecular formula is C25H38N2O4. The number of carbonyl (C=O) groups excluding carboxylic acids is 2. The van der Waals surface area contributed by atoms with Crippen LogP contribution in [-0.4, -0.2) is 33.9 Å². The van der Waals surface area contributed by atoms with Gasteiger partial charge in [0, 0.05) is 5.41 Å². The summed E-state index contributed by atoms with van der Waals surface area (Å²) in [6.07, 6.45) is 1.19. The Labute approximate surface area is 186 Å². The van der Waals surface area contributed by atoms with E-state index in [0.717, 1.165) is 19.3 Å². The van der Waals surface area contributed by atoms with Gasteiger partial charge in [0.15, 0.2) is 0 Å². The second kappa shape index (κ2) is 7.14. The summed E-state index contributed by atoms with van der Waals surface area (Å²) in [6, 6.07) is 8.82. The van der Waals surface area contributed by atoms with E-state index in [2.05, 4.69) is 50.5 Å². The standard InChI is InChI=1S/C25H38N2O4/c1-21(2,3)17-10-12-18(13-11-17)24-14-25(15-24,16-24)27(20(29)31-23(7,8)9)26-19(28)30-22(4,5)6/h10-13H,14-16H2,1-9H3,(H,26,28). The van der Waals surface area contributed by atoms with Crippen molar-refractivity contribution in [2.24, 2.45) is 0 Å². The average Bonchev–Trinajstić information content (AvgIpc) is 2.47. The van der Waals surface area contributed by atoms with Crippen molar-refractivity contribution in [1.82, 2.24) is 10.4 Å². The van der Waals surface area contributed by atoms with Gasteiger partial charge in [0.2, 0.25) is 0 Å². The SMILES string of the molecule is CC(C)(C)OC(=O)NN(C(=O)OC(C)(C)C)C12CC(c3ccc(C(C)(C)C)cc3)(C1)C2. The molecular weight excluding hydrogens is 392 g/mol. The maximum atomic E-state index is 13.0. The molecule has 0 saturated heterocycles. The van der Waals surface area contributed by atoms with Gasteiger partial charge in [-0.25, -0.2) is 20.0 Å². The minimum absolute atomic E-state index is 0.0618. The Morgan fingerprint density at radius 2 is 1.32 bits per heavy atom. The van der Waals surface area contributed by atoms with Crippen molar-refractivity contribution in [2.45, 2.75) is 109 Å². The van der Waals surface area contributed by atoms with Gasteiger partial charge in [0.05, 0.1) is 5.54 Å². The van der Waals surface area contributed by atoms with Crippen LogP contribution in [0.4, 0.5) is 9.59 Å². The number of nitrogens with one attached hydrogen (secondary N) is 1. The van der Waals surface area contributed by atoms with Crippen LogP contribution in [-0.2, 0) is 20.3 Å². The van der Waals surface area contributed by atoms with Crippen LogP contribution in [0.5, 0.6) is 0 Å². The fraction of sp³-hybridized carbons (Fsp3) is 0.680. The molecule has 0 unspecified atom stereocenters. The van der Waals surface area contributed by atoms with E-state index in [9.17, 15) is 9.59 Å². The third-order valence-electron chi connectivity index (χ3n) is 6.02. The summed E-state index contributed by atoms with van der Waals surface area (Å²) in [7, 11) is 0. The zero-order valence-electron chi connectivity index (χ0n) is 20.5. The van der Waals surface area contributed by atoms with Crippen LogP contribution in [0.1, 0.15) is 92.7 Å². The highest BCUT2D eigenvalue weighted by atomic mass is 16.6. The predicted octanol–water partition coefficient (Wildman–Crippen LogP) is 5.84. The van der Waals surface area contributed by atoms with Crippen LogP contribution >= 0.6 is 0 Å². The lowest BCUT2D eigenvalue weighted by molar-refractivity contribution is -0.177. The molecule has 31 heavy (non-hydrogen) atoms. The molecule has 3 fully saturated rings. The first-order chi connectivity index (χ1) is 13.9. The zero-order chi connectivity index (χ0) is 23.5. The van der Waals surface area contributed by atoms with Crippen LogP contribution in [0.25, 0.3) is 0 Å². The van der Waals surface area contributed by atoms with Crippen molar-refractivity contribution in [3.63, 3.8) is 0 Å². The first-order valence-corrected chi connectivity index (χ1v) is 11.1. The molecule has 0 radical (unpaired) electrons. The summed E-state index contributed by atoms with van der Waals surface area (Å²) in [6.45, 7) is 17.5. The quantitative estimate of drug-likeness (QED) is 0.599. The van der Waals surface area contributed by atoms with Crippen LogP contribution in [0.15, 0.2) is 24.3 Å². The number of ether oxygens (including phenoxy) is 2. The van der Waals surface area contributed by atoms with Crippen molar-refractivity contribution < 1.29 is 19.1 Å². The summed E-state index contributed by atoms with van der Waals surface area (Å²) in [4.78, 5) is 25.4. The molecule has 0 heterocycles. The predicted molar refractivity (Wildman–Crippen MR) is 121 cm³/mol. The number of hydrogen-bond donors (Lipinski definition) is 1. The Bertz CT molecular complexity index is 834. The largest absolute Gasteiger partial charge is 0.443 e. The molecule has 4 rings (SSSR count). The Balaban J connectivity index is 1.75. The maximum Gasteiger partial charge on any atom is 0.429 e. The van der Waals surface area contributed by atoms with Crippen molar-refractivity contribution in [2.75, 3.05) is 0 Å². The van der Waals surface area contributed by atoms with E-state index < -0.39 is 28.9 Å². The van der Waals surface area contributed by atoms with E-state index in [1.165, 1.54) is 16.1 Å². The molecule has 6 nitrogen and oxygen atoms in total. The summed E-state index contributed by atoms with van der Waals surface area (Å²) in [5, 5.41) is 1.37. The Kier molecular flexibility index (Phi) is 5.40. The van der Waals surface area contributed by atoms with Crippen LogP contribution < -0.4 is 5.43 Å². The van der Waals surface area contributed by atoms with Crippen molar-refractivity contribution in [1.29, 1.82) is 0 Å². The van der Waals surface area contributed by atoms with E-state index in [4.69, 9.17) is 9.47 Å². The smallest absolute Gasteiger partial charge is 0.429 e. The van der Waals surface area contributed by atoms with E-state index in [1.54, 1.807) is 20.8 Å². The molecule has 1 aromatic rings. The van der Waals surface area contributed by atoms with Crippen LogP contribution in [0.2, 0.25) is 0 Å². The lowest BCUT2D eigenvalue weighted by Crippen LogP contribution is -2.80. The van der Waals surface area contributed by atoms with Crippen molar-refractivity contribution in [3.05, 3.63) is 35.4 Å². The highest BCUT2D eigenvalue weighted by molar-refractivity contribution is 5.76. The lowest BCUT2D eigenvalue weighted by atomic mass is 9.37. The van der Waals surface area contributed by atoms with Crippen molar-refractivity contribution >= 4 is 12.2 Å². The van der Waals surface area contributed by atoms with Gasteiger partial charge < -0.3 is 9.47 Å². The molecule has 3 saturated carbocycles. The zero-order valence-corrected chi connectivity index (χ0v) is 20.5. The molecule has 1 aromatic carbocycles. The highest BCUT2D eigenvalue weighted by Gasteiger charge is 2.73. The van der Waals surface area contributed by atoms with E-state index in [-0.39, 0.29) is 10.8 Å². The monoisotopic (exact) mass is 430 g/mol. The van der Waals surface area contributed by atoms with Gasteiger partial charge in [-0.2, -0.15) is 0 Å². The van der Waals surface area contributed by atoms with Gasteiger partial charge in [0.25, 0.3) is 0 Å². The van der Waals surface area contributed by atoms with Gasteiger partial charge in [0.1, 0.15) is 11.2 Å². The van der Waals surface area contributed by atoms with Crippen LogP contribution in [0, 0.1) is 0 Å². The van der Waals surface area contributed by atoms with E-state index in [1.807, 2.05) is 20.8 Å². The minimum Gasteiger partial charge on any atom is -0.443 e. The van der Waals surface area contributed by atoms with Gasteiger partial charge in [-0.1, -0.05) is 45.0 Å². The maximum absolute atomic E-state index is 13.0. The molecule has 0 aromatic heterocycles. The average molecular weight is 431 g/mol. The minimum atomic E-state index is -0.658. The summed E-state index contributed by atoms with van der Waals surface area (Å²) < 4.78 is 11.0. The van der Waals surface area contributed by atoms with Gasteiger partial charge in [-0.05, 0) is 77.3 Å². The fourth-order valence-corrected chi connectivity index (χ4v) is 4.66. The Hall–Kier alpha value is -2.24. The van der Waals surface area contributed by atoms with Gasteiger partial charge in [-0.3, -0.25) is 0 Å². The Morgan fingerprint density at radius 3 is 1.74 bits per heavy atom. The molecule has 0 aliphatic heterocycles. The summed E-state index contributed by atoms with van der Waals surface area (Å²) in [5.74, 6) is 0. The molecule has 172 valence electrons. The first kappa shape index (κ1) is 23.4. The van der Waals surface area contributed by atoms with Crippen molar-refractivity contribution in [3.8, 4) is 0 Å². The number of carbonyl (C=O) groups is 2. The second-order valence-electron chi connectivity index (χ2n) is 12.3. The second-order valence-corrected chi connectivity index (χ2v) is 12.3. The third-order valence-corrected chi connectivity index (χ3v) is 6.02. The highest BCUT2D eigenvalue weighted by Crippen LogP contribution is 2.70. The van der Waals surface area contributed by atoms with E-state index >= 15 is 0 Å². The molecule has 0 spiro atoms. The van der Waals surface area contributed by atoms with Gasteiger partial charge >= 0.3 is 12.2 Å². The topological polar surface area (TPSA) is 67.9 Å².